The standard InChI is InChI=1S/C14H20BrIO3/c1-17-9-10-18-7-4-8-19-14(11-16)12-5-2-3-6-13(12)15/h2-3,5-6,14H,4,7-11H2,1H3. The third-order valence-corrected chi connectivity index (χ3v) is 4.10. The van der Waals surface area contributed by atoms with E-state index in [2.05, 4.69) is 44.6 Å². The molecule has 0 amide bonds. The maximum absolute atomic E-state index is 5.92. The first-order valence-electron chi connectivity index (χ1n) is 6.28. The fourth-order valence-corrected chi connectivity index (χ4v) is 2.85. The van der Waals surface area contributed by atoms with Gasteiger partial charge in [-0.2, -0.15) is 0 Å². The molecule has 0 spiro atoms. The van der Waals surface area contributed by atoms with Crippen LogP contribution in [0.3, 0.4) is 0 Å². The molecule has 3 nitrogen and oxygen atoms in total. The minimum Gasteiger partial charge on any atom is -0.382 e. The fraction of sp³-hybridized carbons (Fsp3) is 0.571. The van der Waals surface area contributed by atoms with Crippen molar-refractivity contribution in [3.05, 3.63) is 34.3 Å². The van der Waals surface area contributed by atoms with E-state index in [4.69, 9.17) is 14.2 Å². The van der Waals surface area contributed by atoms with E-state index in [9.17, 15) is 0 Å². The Kier molecular flexibility index (Phi) is 10.1. The van der Waals surface area contributed by atoms with E-state index in [-0.39, 0.29) is 6.10 Å². The Labute approximate surface area is 137 Å². The van der Waals surface area contributed by atoms with Crippen molar-refractivity contribution < 1.29 is 14.2 Å². The molecule has 0 fully saturated rings. The fourth-order valence-electron chi connectivity index (χ4n) is 1.58. The molecule has 5 heteroatoms. The molecule has 0 aliphatic rings. The third kappa shape index (κ3) is 7.04. The Morgan fingerprint density at radius 1 is 1.16 bits per heavy atom. The zero-order valence-electron chi connectivity index (χ0n) is 11.1. The first-order chi connectivity index (χ1) is 9.29. The van der Waals surface area contributed by atoms with Gasteiger partial charge in [-0.05, 0) is 18.1 Å². The lowest BCUT2D eigenvalue weighted by molar-refractivity contribution is 0.0319. The minimum absolute atomic E-state index is 0.134. The van der Waals surface area contributed by atoms with Crippen molar-refractivity contribution in [2.24, 2.45) is 0 Å². The van der Waals surface area contributed by atoms with E-state index in [1.807, 2.05) is 18.2 Å². The number of ether oxygens (including phenoxy) is 3. The van der Waals surface area contributed by atoms with Gasteiger partial charge in [-0.1, -0.05) is 56.7 Å². The first kappa shape index (κ1) is 17.4. The Bertz CT molecular complexity index is 349. The molecule has 1 atom stereocenters. The first-order valence-corrected chi connectivity index (χ1v) is 8.60. The van der Waals surface area contributed by atoms with Crippen molar-refractivity contribution in [1.82, 2.24) is 0 Å². The second-order valence-corrected chi connectivity index (χ2v) is 5.73. The summed E-state index contributed by atoms with van der Waals surface area (Å²) in [4.78, 5) is 0. The summed E-state index contributed by atoms with van der Waals surface area (Å²) in [6, 6.07) is 8.20. The van der Waals surface area contributed by atoms with E-state index < -0.39 is 0 Å². The maximum Gasteiger partial charge on any atom is 0.0925 e. The molecule has 0 saturated heterocycles. The Hall–Kier alpha value is 0.310. The molecular weight excluding hydrogens is 423 g/mol. The van der Waals surface area contributed by atoms with Crippen LogP contribution in [0, 0.1) is 0 Å². The summed E-state index contributed by atoms with van der Waals surface area (Å²) in [5.74, 6) is 0. The highest BCUT2D eigenvalue weighted by atomic mass is 127. The van der Waals surface area contributed by atoms with Gasteiger partial charge >= 0.3 is 0 Å². The second-order valence-electron chi connectivity index (χ2n) is 3.99. The predicted molar refractivity (Wildman–Crippen MR) is 89.0 cm³/mol. The summed E-state index contributed by atoms with van der Waals surface area (Å²) < 4.78 is 18.3. The molecule has 0 bridgehead atoms. The molecule has 0 aromatic heterocycles. The zero-order chi connectivity index (χ0) is 13.9. The molecule has 0 N–H and O–H groups in total. The molecule has 1 aromatic carbocycles. The molecule has 0 saturated carbocycles. The van der Waals surface area contributed by atoms with Crippen LogP contribution in [-0.4, -0.2) is 38.0 Å². The van der Waals surface area contributed by atoms with Gasteiger partial charge in [-0.15, -0.1) is 0 Å². The summed E-state index contributed by atoms with van der Waals surface area (Å²) in [6.45, 7) is 2.72. The quantitative estimate of drug-likeness (QED) is 0.311. The van der Waals surface area contributed by atoms with Crippen LogP contribution in [0.4, 0.5) is 0 Å². The predicted octanol–water partition coefficient (Wildman–Crippen LogP) is 3.99. The highest BCUT2D eigenvalue weighted by Gasteiger charge is 2.12. The Balaban J connectivity index is 2.24. The van der Waals surface area contributed by atoms with Crippen LogP contribution in [0.15, 0.2) is 28.7 Å². The highest BCUT2D eigenvalue weighted by molar-refractivity contribution is 14.1. The topological polar surface area (TPSA) is 27.7 Å². The third-order valence-electron chi connectivity index (χ3n) is 2.58. The Morgan fingerprint density at radius 2 is 1.95 bits per heavy atom. The molecule has 0 aliphatic heterocycles. The average Bonchev–Trinajstić information content (AvgIpc) is 2.43. The van der Waals surface area contributed by atoms with Crippen molar-refractivity contribution in [1.29, 1.82) is 0 Å². The van der Waals surface area contributed by atoms with Crippen molar-refractivity contribution >= 4 is 38.5 Å². The van der Waals surface area contributed by atoms with E-state index in [0.717, 1.165) is 15.3 Å². The SMILES string of the molecule is COCCOCCCOC(CI)c1ccccc1Br. The van der Waals surface area contributed by atoms with Crippen LogP contribution in [-0.2, 0) is 14.2 Å². The normalized spacial score (nSPS) is 12.6. The van der Waals surface area contributed by atoms with E-state index >= 15 is 0 Å². The average molecular weight is 443 g/mol. The number of hydrogen-bond donors (Lipinski definition) is 0. The lowest BCUT2D eigenvalue weighted by Crippen LogP contribution is -2.10. The monoisotopic (exact) mass is 442 g/mol. The molecule has 0 aliphatic carbocycles. The summed E-state index contributed by atoms with van der Waals surface area (Å²) in [5, 5.41) is 0. The molecule has 1 rings (SSSR count). The van der Waals surface area contributed by atoms with Crippen molar-refractivity contribution in [2.75, 3.05) is 38.0 Å². The zero-order valence-corrected chi connectivity index (χ0v) is 14.9. The molecule has 1 unspecified atom stereocenters. The van der Waals surface area contributed by atoms with Gasteiger partial charge in [-0.25, -0.2) is 0 Å². The van der Waals surface area contributed by atoms with Gasteiger partial charge in [-0.3, -0.25) is 0 Å². The maximum atomic E-state index is 5.92. The summed E-state index contributed by atoms with van der Waals surface area (Å²) in [5.41, 5.74) is 1.21. The van der Waals surface area contributed by atoms with Crippen molar-refractivity contribution in [3.8, 4) is 0 Å². The van der Waals surface area contributed by atoms with Crippen LogP contribution >= 0.6 is 38.5 Å². The van der Waals surface area contributed by atoms with Gasteiger partial charge in [0.05, 0.1) is 19.3 Å². The van der Waals surface area contributed by atoms with Gasteiger partial charge in [0.25, 0.3) is 0 Å². The minimum atomic E-state index is 0.134. The molecule has 19 heavy (non-hydrogen) atoms. The highest BCUT2D eigenvalue weighted by Crippen LogP contribution is 2.27. The van der Waals surface area contributed by atoms with Crippen LogP contribution in [0.1, 0.15) is 18.1 Å². The summed E-state index contributed by atoms with van der Waals surface area (Å²) in [6.07, 6.45) is 1.04. The molecule has 108 valence electrons. The second kappa shape index (κ2) is 11.0. The van der Waals surface area contributed by atoms with Gasteiger partial charge in [0.2, 0.25) is 0 Å². The number of hydrogen-bond acceptors (Lipinski definition) is 3. The number of halogens is 2. The van der Waals surface area contributed by atoms with E-state index in [1.54, 1.807) is 7.11 Å². The molecule has 0 heterocycles. The largest absolute Gasteiger partial charge is 0.382 e. The van der Waals surface area contributed by atoms with Crippen LogP contribution in [0.5, 0.6) is 0 Å². The number of rotatable bonds is 10. The summed E-state index contributed by atoms with van der Waals surface area (Å²) in [7, 11) is 1.68. The summed E-state index contributed by atoms with van der Waals surface area (Å²) >= 11 is 5.92. The van der Waals surface area contributed by atoms with Crippen molar-refractivity contribution in [3.63, 3.8) is 0 Å². The molecule has 1 aromatic rings. The van der Waals surface area contributed by atoms with Crippen molar-refractivity contribution in [2.45, 2.75) is 12.5 Å². The van der Waals surface area contributed by atoms with Gasteiger partial charge in [0.15, 0.2) is 0 Å². The number of alkyl halides is 1. The van der Waals surface area contributed by atoms with Crippen LogP contribution in [0.2, 0.25) is 0 Å². The lowest BCUT2D eigenvalue weighted by atomic mass is 10.1. The van der Waals surface area contributed by atoms with E-state index in [1.165, 1.54) is 5.56 Å². The lowest BCUT2D eigenvalue weighted by Gasteiger charge is -2.17. The molecular formula is C14H20BrIO3. The number of methoxy groups -OCH3 is 1. The Morgan fingerprint density at radius 3 is 2.63 bits per heavy atom. The van der Waals surface area contributed by atoms with E-state index in [0.29, 0.717) is 26.4 Å². The van der Waals surface area contributed by atoms with Gasteiger partial charge in [0.1, 0.15) is 0 Å². The van der Waals surface area contributed by atoms with Crippen LogP contribution in [0.25, 0.3) is 0 Å². The van der Waals surface area contributed by atoms with Gasteiger partial charge in [0, 0.05) is 29.2 Å². The number of benzene rings is 1. The van der Waals surface area contributed by atoms with Crippen LogP contribution < -0.4 is 0 Å². The smallest absolute Gasteiger partial charge is 0.0925 e. The van der Waals surface area contributed by atoms with Gasteiger partial charge < -0.3 is 14.2 Å². The molecule has 0 radical (unpaired) electrons.